The van der Waals surface area contributed by atoms with Crippen molar-refractivity contribution in [2.24, 2.45) is 5.73 Å². The molecule has 1 heterocycles. The predicted molar refractivity (Wildman–Crippen MR) is 62.9 cm³/mol. The first-order valence-corrected chi connectivity index (χ1v) is 5.51. The Balaban J connectivity index is 2.32. The van der Waals surface area contributed by atoms with E-state index < -0.39 is 0 Å². The summed E-state index contributed by atoms with van der Waals surface area (Å²) < 4.78 is 18.7. The maximum absolute atomic E-state index is 13.0. The zero-order valence-corrected chi connectivity index (χ0v) is 9.53. The SMILES string of the molecule is CC(N)CC(C)c1cc2cc(F)ccc2o1. The fraction of sp³-hybridized carbons (Fsp3) is 0.385. The molecule has 2 unspecified atom stereocenters. The average molecular weight is 221 g/mol. The lowest BCUT2D eigenvalue weighted by Gasteiger charge is -2.10. The first-order valence-electron chi connectivity index (χ1n) is 5.51. The summed E-state index contributed by atoms with van der Waals surface area (Å²) in [6.45, 7) is 4.04. The smallest absolute Gasteiger partial charge is 0.134 e. The van der Waals surface area contributed by atoms with Gasteiger partial charge in [-0.15, -0.1) is 0 Å². The van der Waals surface area contributed by atoms with Crippen LogP contribution in [0.15, 0.2) is 28.7 Å². The fourth-order valence-corrected chi connectivity index (χ4v) is 1.95. The molecular formula is C13H16FNO. The molecule has 2 aromatic rings. The molecule has 86 valence electrons. The van der Waals surface area contributed by atoms with Gasteiger partial charge >= 0.3 is 0 Å². The molecule has 0 aliphatic carbocycles. The van der Waals surface area contributed by atoms with Crippen LogP contribution in [0.1, 0.15) is 31.9 Å². The van der Waals surface area contributed by atoms with E-state index in [1.54, 1.807) is 6.07 Å². The lowest BCUT2D eigenvalue weighted by atomic mass is 10.0. The Bertz CT molecular complexity index is 490. The van der Waals surface area contributed by atoms with E-state index in [0.29, 0.717) is 0 Å². The average Bonchev–Trinajstić information content (AvgIpc) is 2.59. The molecule has 3 heteroatoms. The minimum atomic E-state index is -0.236. The van der Waals surface area contributed by atoms with Crippen LogP contribution in [0.4, 0.5) is 4.39 Å². The number of fused-ring (bicyclic) bond motifs is 1. The zero-order chi connectivity index (χ0) is 11.7. The van der Waals surface area contributed by atoms with E-state index in [9.17, 15) is 4.39 Å². The first-order chi connectivity index (χ1) is 7.56. The summed E-state index contributed by atoms with van der Waals surface area (Å²) in [7, 11) is 0. The Kier molecular flexibility index (Phi) is 2.97. The second-order valence-electron chi connectivity index (χ2n) is 4.44. The molecule has 1 aromatic carbocycles. The molecule has 0 fully saturated rings. The van der Waals surface area contributed by atoms with Crippen molar-refractivity contribution in [3.63, 3.8) is 0 Å². The van der Waals surface area contributed by atoms with Gasteiger partial charge in [-0.2, -0.15) is 0 Å². The molecular weight excluding hydrogens is 205 g/mol. The molecule has 0 amide bonds. The zero-order valence-electron chi connectivity index (χ0n) is 9.53. The van der Waals surface area contributed by atoms with Crippen molar-refractivity contribution in [2.45, 2.75) is 32.2 Å². The quantitative estimate of drug-likeness (QED) is 0.862. The summed E-state index contributed by atoms with van der Waals surface area (Å²) in [5.74, 6) is 0.896. The number of hydrogen-bond donors (Lipinski definition) is 1. The Hall–Kier alpha value is -1.35. The number of rotatable bonds is 3. The van der Waals surface area contributed by atoms with Gasteiger partial charge in [0.1, 0.15) is 17.2 Å². The van der Waals surface area contributed by atoms with E-state index in [2.05, 4.69) is 6.92 Å². The third-order valence-electron chi connectivity index (χ3n) is 2.71. The number of nitrogens with two attached hydrogens (primary N) is 1. The molecule has 2 N–H and O–H groups in total. The number of furan rings is 1. The lowest BCUT2D eigenvalue weighted by molar-refractivity contribution is 0.468. The van der Waals surface area contributed by atoms with Gasteiger partial charge in [-0.3, -0.25) is 0 Å². The van der Waals surface area contributed by atoms with Gasteiger partial charge in [-0.1, -0.05) is 6.92 Å². The largest absolute Gasteiger partial charge is 0.461 e. The lowest BCUT2D eigenvalue weighted by Crippen LogP contribution is -2.17. The highest BCUT2D eigenvalue weighted by molar-refractivity contribution is 5.78. The highest BCUT2D eigenvalue weighted by Gasteiger charge is 2.13. The van der Waals surface area contributed by atoms with Gasteiger partial charge in [0, 0.05) is 17.3 Å². The summed E-state index contributed by atoms with van der Waals surface area (Å²) in [5, 5.41) is 0.812. The summed E-state index contributed by atoms with van der Waals surface area (Å²) in [4.78, 5) is 0. The van der Waals surface area contributed by atoms with Gasteiger partial charge in [0.2, 0.25) is 0 Å². The highest BCUT2D eigenvalue weighted by Crippen LogP contribution is 2.27. The van der Waals surface area contributed by atoms with E-state index >= 15 is 0 Å². The maximum Gasteiger partial charge on any atom is 0.134 e. The van der Waals surface area contributed by atoms with E-state index in [1.165, 1.54) is 12.1 Å². The van der Waals surface area contributed by atoms with Crippen molar-refractivity contribution >= 4 is 11.0 Å². The molecule has 0 aliphatic rings. The van der Waals surface area contributed by atoms with E-state index in [0.717, 1.165) is 23.2 Å². The molecule has 0 saturated heterocycles. The van der Waals surface area contributed by atoms with Crippen molar-refractivity contribution in [3.8, 4) is 0 Å². The van der Waals surface area contributed by atoms with E-state index in [4.69, 9.17) is 10.2 Å². The number of halogens is 1. The van der Waals surface area contributed by atoms with Crippen LogP contribution in [0.3, 0.4) is 0 Å². The summed E-state index contributed by atoms with van der Waals surface area (Å²) >= 11 is 0. The second-order valence-corrected chi connectivity index (χ2v) is 4.44. The van der Waals surface area contributed by atoms with E-state index in [1.807, 2.05) is 13.0 Å². The van der Waals surface area contributed by atoms with Gasteiger partial charge in [0.05, 0.1) is 0 Å². The van der Waals surface area contributed by atoms with Crippen LogP contribution in [0.25, 0.3) is 11.0 Å². The topological polar surface area (TPSA) is 39.2 Å². The van der Waals surface area contributed by atoms with Crippen LogP contribution >= 0.6 is 0 Å². The minimum absolute atomic E-state index is 0.139. The van der Waals surface area contributed by atoms with Gasteiger partial charge in [0.25, 0.3) is 0 Å². The molecule has 2 nitrogen and oxygen atoms in total. The minimum Gasteiger partial charge on any atom is -0.461 e. The molecule has 0 bridgehead atoms. The van der Waals surface area contributed by atoms with Crippen LogP contribution < -0.4 is 5.73 Å². The van der Waals surface area contributed by atoms with E-state index in [-0.39, 0.29) is 17.8 Å². The standard InChI is InChI=1S/C13H16FNO/c1-8(5-9(2)15)13-7-10-6-11(14)3-4-12(10)16-13/h3-4,6-9H,5,15H2,1-2H3. The Morgan fingerprint density at radius 2 is 2.06 bits per heavy atom. The molecule has 0 radical (unpaired) electrons. The van der Waals surface area contributed by atoms with Crippen LogP contribution in [-0.4, -0.2) is 6.04 Å². The monoisotopic (exact) mass is 221 g/mol. The van der Waals surface area contributed by atoms with Crippen LogP contribution in [0.5, 0.6) is 0 Å². The molecule has 2 rings (SSSR count). The number of hydrogen-bond acceptors (Lipinski definition) is 2. The Morgan fingerprint density at radius 1 is 1.31 bits per heavy atom. The van der Waals surface area contributed by atoms with Crippen LogP contribution in [0, 0.1) is 5.82 Å². The summed E-state index contributed by atoms with van der Waals surface area (Å²) in [6, 6.07) is 6.59. The molecule has 0 spiro atoms. The van der Waals surface area contributed by atoms with Crippen molar-refractivity contribution < 1.29 is 8.81 Å². The normalized spacial score (nSPS) is 15.2. The van der Waals surface area contributed by atoms with Crippen molar-refractivity contribution in [1.29, 1.82) is 0 Å². The molecule has 16 heavy (non-hydrogen) atoms. The van der Waals surface area contributed by atoms with Crippen molar-refractivity contribution in [1.82, 2.24) is 0 Å². The molecule has 1 aromatic heterocycles. The summed E-state index contributed by atoms with van der Waals surface area (Å²) in [5.41, 5.74) is 6.48. The van der Waals surface area contributed by atoms with Gasteiger partial charge in [-0.25, -0.2) is 4.39 Å². The predicted octanol–water partition coefficient (Wildman–Crippen LogP) is 3.41. The van der Waals surface area contributed by atoms with Gasteiger partial charge in [-0.05, 0) is 37.6 Å². The van der Waals surface area contributed by atoms with Crippen LogP contribution in [0.2, 0.25) is 0 Å². The highest BCUT2D eigenvalue weighted by atomic mass is 19.1. The third kappa shape index (κ3) is 2.25. The number of benzene rings is 1. The third-order valence-corrected chi connectivity index (χ3v) is 2.71. The fourth-order valence-electron chi connectivity index (χ4n) is 1.95. The second kappa shape index (κ2) is 4.26. The Morgan fingerprint density at radius 3 is 2.75 bits per heavy atom. The van der Waals surface area contributed by atoms with Gasteiger partial charge in [0.15, 0.2) is 0 Å². The van der Waals surface area contributed by atoms with Crippen molar-refractivity contribution in [2.75, 3.05) is 0 Å². The molecule has 0 saturated carbocycles. The maximum atomic E-state index is 13.0. The Labute approximate surface area is 94.2 Å². The summed E-state index contributed by atoms with van der Waals surface area (Å²) in [6.07, 6.45) is 0.863. The van der Waals surface area contributed by atoms with Crippen LogP contribution in [-0.2, 0) is 0 Å². The molecule has 2 atom stereocenters. The van der Waals surface area contributed by atoms with Gasteiger partial charge < -0.3 is 10.2 Å². The first kappa shape index (κ1) is 11.1. The molecule has 0 aliphatic heterocycles. The van der Waals surface area contributed by atoms with Crippen molar-refractivity contribution in [3.05, 3.63) is 35.8 Å².